The summed E-state index contributed by atoms with van der Waals surface area (Å²) in [5, 5.41) is 4.32. The van der Waals surface area contributed by atoms with Gasteiger partial charge in [0.2, 0.25) is 0 Å². The molecule has 1 aliphatic rings. The standard InChI is InChI=1S/C10H12ClNO4S2/c1-6-8(5-17-10(6)18(11,14)15)9(13)12-7-2-3-16-4-7/h5,7H,2-4H2,1H3,(H,12,13). The zero-order chi connectivity index (χ0) is 13.3. The maximum atomic E-state index is 12.0. The van der Waals surface area contributed by atoms with Crippen LogP contribution in [0.5, 0.6) is 0 Å². The average Bonchev–Trinajstić information content (AvgIpc) is 2.85. The van der Waals surface area contributed by atoms with Gasteiger partial charge in [0.25, 0.3) is 15.0 Å². The van der Waals surface area contributed by atoms with Crippen LogP contribution in [-0.2, 0) is 13.8 Å². The molecule has 0 aromatic carbocycles. The second-order valence-electron chi connectivity index (χ2n) is 4.03. The molecule has 8 heteroatoms. The van der Waals surface area contributed by atoms with Crippen molar-refractivity contribution in [1.82, 2.24) is 5.32 Å². The van der Waals surface area contributed by atoms with Gasteiger partial charge in [-0.2, -0.15) is 0 Å². The van der Waals surface area contributed by atoms with Crippen LogP contribution in [-0.4, -0.2) is 33.6 Å². The lowest BCUT2D eigenvalue weighted by Gasteiger charge is -2.10. The molecule has 0 bridgehead atoms. The Kier molecular flexibility index (Phi) is 3.96. The Bertz CT molecular complexity index is 560. The minimum atomic E-state index is -3.79. The lowest BCUT2D eigenvalue weighted by molar-refractivity contribution is 0.0929. The zero-order valence-electron chi connectivity index (χ0n) is 9.60. The van der Waals surface area contributed by atoms with E-state index in [4.69, 9.17) is 15.4 Å². The van der Waals surface area contributed by atoms with Gasteiger partial charge in [-0.3, -0.25) is 4.79 Å². The molecule has 0 spiro atoms. The van der Waals surface area contributed by atoms with E-state index in [-0.39, 0.29) is 16.2 Å². The van der Waals surface area contributed by atoms with Crippen LogP contribution in [0.3, 0.4) is 0 Å². The summed E-state index contributed by atoms with van der Waals surface area (Å²) in [6, 6.07) is -0.00661. The summed E-state index contributed by atoms with van der Waals surface area (Å²) in [6.07, 6.45) is 0.773. The maximum Gasteiger partial charge on any atom is 0.271 e. The topological polar surface area (TPSA) is 72.5 Å². The molecular weight excluding hydrogens is 298 g/mol. The van der Waals surface area contributed by atoms with Crippen LogP contribution in [0.2, 0.25) is 0 Å². The molecule has 2 heterocycles. The lowest BCUT2D eigenvalue weighted by atomic mass is 10.2. The summed E-state index contributed by atoms with van der Waals surface area (Å²) >= 11 is 0.957. The van der Waals surface area contributed by atoms with E-state index >= 15 is 0 Å². The van der Waals surface area contributed by atoms with Crippen molar-refractivity contribution in [2.45, 2.75) is 23.6 Å². The fraction of sp³-hybridized carbons (Fsp3) is 0.500. The van der Waals surface area contributed by atoms with Crippen molar-refractivity contribution >= 4 is 37.0 Å². The Morgan fingerprint density at radius 3 is 2.83 bits per heavy atom. The first-order valence-electron chi connectivity index (χ1n) is 5.31. The van der Waals surface area contributed by atoms with E-state index < -0.39 is 9.05 Å². The highest BCUT2D eigenvalue weighted by atomic mass is 35.7. The second-order valence-corrected chi connectivity index (χ2v) is 7.67. The summed E-state index contributed by atoms with van der Waals surface area (Å²) in [4.78, 5) is 12.0. The molecule has 1 unspecified atom stereocenters. The number of halogens is 1. The second kappa shape index (κ2) is 5.16. The largest absolute Gasteiger partial charge is 0.379 e. The molecule has 18 heavy (non-hydrogen) atoms. The fourth-order valence-electron chi connectivity index (χ4n) is 1.77. The molecule has 1 saturated heterocycles. The SMILES string of the molecule is Cc1c(C(=O)NC2CCOC2)csc1S(=O)(=O)Cl. The van der Waals surface area contributed by atoms with Crippen LogP contribution >= 0.6 is 22.0 Å². The molecule has 5 nitrogen and oxygen atoms in total. The predicted molar refractivity (Wildman–Crippen MR) is 68.8 cm³/mol. The highest BCUT2D eigenvalue weighted by molar-refractivity contribution is 8.15. The van der Waals surface area contributed by atoms with Crippen molar-refractivity contribution in [1.29, 1.82) is 0 Å². The number of rotatable bonds is 3. The van der Waals surface area contributed by atoms with Crippen molar-refractivity contribution in [3.63, 3.8) is 0 Å². The minimum Gasteiger partial charge on any atom is -0.379 e. The van der Waals surface area contributed by atoms with Crippen LogP contribution < -0.4 is 5.32 Å². The van der Waals surface area contributed by atoms with Gasteiger partial charge in [0.1, 0.15) is 4.21 Å². The van der Waals surface area contributed by atoms with Crippen LogP contribution in [0.4, 0.5) is 0 Å². The third kappa shape index (κ3) is 2.85. The van der Waals surface area contributed by atoms with Gasteiger partial charge < -0.3 is 10.1 Å². The van der Waals surface area contributed by atoms with Crippen molar-refractivity contribution in [2.24, 2.45) is 0 Å². The average molecular weight is 310 g/mol. The third-order valence-corrected chi connectivity index (χ3v) is 6.03. The summed E-state index contributed by atoms with van der Waals surface area (Å²) < 4.78 is 27.7. The highest BCUT2D eigenvalue weighted by Crippen LogP contribution is 2.29. The Morgan fingerprint density at radius 2 is 2.33 bits per heavy atom. The number of hydrogen-bond donors (Lipinski definition) is 1. The molecule has 2 rings (SSSR count). The Morgan fingerprint density at radius 1 is 1.61 bits per heavy atom. The summed E-state index contributed by atoms with van der Waals surface area (Å²) in [5.41, 5.74) is 0.748. The molecule has 1 aromatic rings. The number of carbonyl (C=O) groups is 1. The van der Waals surface area contributed by atoms with Crippen molar-refractivity contribution in [3.05, 3.63) is 16.5 Å². The molecule has 1 atom stereocenters. The van der Waals surface area contributed by atoms with Crippen LogP contribution in [0, 0.1) is 6.92 Å². The summed E-state index contributed by atoms with van der Waals surface area (Å²) in [7, 11) is 1.50. The minimum absolute atomic E-state index is 0.00661. The van der Waals surface area contributed by atoms with Gasteiger partial charge >= 0.3 is 0 Å². The normalized spacial score (nSPS) is 20.0. The molecular formula is C10H12ClNO4S2. The number of carbonyl (C=O) groups excluding carboxylic acids is 1. The van der Waals surface area contributed by atoms with Gasteiger partial charge in [-0.1, -0.05) is 0 Å². The van der Waals surface area contributed by atoms with E-state index in [9.17, 15) is 13.2 Å². The van der Waals surface area contributed by atoms with E-state index in [1.165, 1.54) is 5.38 Å². The van der Waals surface area contributed by atoms with Crippen LogP contribution in [0.15, 0.2) is 9.59 Å². The molecule has 100 valence electrons. The van der Waals surface area contributed by atoms with E-state index in [0.717, 1.165) is 17.8 Å². The molecule has 1 N–H and O–H groups in total. The van der Waals surface area contributed by atoms with Crippen molar-refractivity contribution in [3.8, 4) is 0 Å². The van der Waals surface area contributed by atoms with Gasteiger partial charge in [0.15, 0.2) is 0 Å². The number of hydrogen-bond acceptors (Lipinski definition) is 5. The molecule has 1 aliphatic heterocycles. The van der Waals surface area contributed by atoms with Gasteiger partial charge in [-0.25, -0.2) is 8.42 Å². The molecule has 0 saturated carbocycles. The van der Waals surface area contributed by atoms with E-state index in [1.807, 2.05) is 0 Å². The zero-order valence-corrected chi connectivity index (χ0v) is 12.0. The first-order chi connectivity index (χ1) is 8.39. The Hall–Kier alpha value is -0.630. The monoisotopic (exact) mass is 309 g/mol. The third-order valence-electron chi connectivity index (χ3n) is 2.72. The van der Waals surface area contributed by atoms with Crippen molar-refractivity contribution in [2.75, 3.05) is 13.2 Å². The van der Waals surface area contributed by atoms with Crippen molar-refractivity contribution < 1.29 is 17.9 Å². The molecule has 1 aromatic heterocycles. The van der Waals surface area contributed by atoms with Gasteiger partial charge in [0.05, 0.1) is 18.2 Å². The van der Waals surface area contributed by atoms with E-state index in [1.54, 1.807) is 6.92 Å². The Labute approximate surface area is 114 Å². The van der Waals surface area contributed by atoms with Crippen LogP contribution in [0.25, 0.3) is 0 Å². The quantitative estimate of drug-likeness (QED) is 0.859. The number of amides is 1. The highest BCUT2D eigenvalue weighted by Gasteiger charge is 2.24. The Balaban J connectivity index is 2.18. The fourth-order valence-corrected chi connectivity index (χ4v) is 4.32. The number of nitrogens with one attached hydrogen (secondary N) is 1. The van der Waals surface area contributed by atoms with E-state index in [0.29, 0.717) is 24.3 Å². The molecule has 1 fully saturated rings. The van der Waals surface area contributed by atoms with Gasteiger partial charge in [0, 0.05) is 22.7 Å². The molecule has 1 amide bonds. The first-order valence-corrected chi connectivity index (χ1v) is 8.50. The number of thiophene rings is 1. The smallest absolute Gasteiger partial charge is 0.271 e. The van der Waals surface area contributed by atoms with E-state index in [2.05, 4.69) is 5.32 Å². The number of ether oxygens (including phenoxy) is 1. The lowest BCUT2D eigenvalue weighted by Crippen LogP contribution is -2.35. The maximum absolute atomic E-state index is 12.0. The summed E-state index contributed by atoms with van der Waals surface area (Å²) in [5.74, 6) is -0.286. The first kappa shape index (κ1) is 13.8. The molecule has 0 radical (unpaired) electrons. The van der Waals surface area contributed by atoms with Gasteiger partial charge in [-0.05, 0) is 18.9 Å². The van der Waals surface area contributed by atoms with Crippen LogP contribution in [0.1, 0.15) is 22.3 Å². The molecule has 0 aliphatic carbocycles. The summed E-state index contributed by atoms with van der Waals surface area (Å²) in [6.45, 7) is 2.70. The van der Waals surface area contributed by atoms with Gasteiger partial charge in [-0.15, -0.1) is 11.3 Å². The predicted octanol–water partition coefficient (Wildman–Crippen LogP) is 1.50.